The van der Waals surface area contributed by atoms with Crippen LogP contribution in [-0.2, 0) is 11.8 Å². The van der Waals surface area contributed by atoms with Crippen molar-refractivity contribution in [3.05, 3.63) is 47.9 Å². The SMILES string of the molecule is Cn1cccc1C(=O)NNC(=O)C1CCN(c2ccc(C#N)cn2)CC1. The number of hydrazine groups is 1. The second kappa shape index (κ2) is 7.70. The molecule has 134 valence electrons. The van der Waals surface area contributed by atoms with Crippen LogP contribution in [-0.4, -0.2) is 34.5 Å². The summed E-state index contributed by atoms with van der Waals surface area (Å²) >= 11 is 0. The highest BCUT2D eigenvalue weighted by Gasteiger charge is 2.26. The van der Waals surface area contributed by atoms with Gasteiger partial charge < -0.3 is 9.47 Å². The fourth-order valence-electron chi connectivity index (χ4n) is 2.99. The summed E-state index contributed by atoms with van der Waals surface area (Å²) in [7, 11) is 1.77. The molecule has 1 saturated heterocycles. The van der Waals surface area contributed by atoms with E-state index in [1.807, 2.05) is 12.1 Å². The Bertz CT molecular complexity index is 828. The van der Waals surface area contributed by atoms with Gasteiger partial charge in [0.25, 0.3) is 5.91 Å². The van der Waals surface area contributed by atoms with Gasteiger partial charge in [-0.1, -0.05) is 0 Å². The third kappa shape index (κ3) is 3.83. The minimum absolute atomic E-state index is 0.154. The summed E-state index contributed by atoms with van der Waals surface area (Å²) in [5.41, 5.74) is 5.98. The van der Waals surface area contributed by atoms with Crippen molar-refractivity contribution in [3.8, 4) is 6.07 Å². The lowest BCUT2D eigenvalue weighted by Crippen LogP contribution is -2.47. The first kappa shape index (κ1) is 17.5. The van der Waals surface area contributed by atoms with Crippen molar-refractivity contribution < 1.29 is 9.59 Å². The van der Waals surface area contributed by atoms with Crippen molar-refractivity contribution in [2.24, 2.45) is 13.0 Å². The van der Waals surface area contributed by atoms with Crippen molar-refractivity contribution in [1.82, 2.24) is 20.4 Å². The van der Waals surface area contributed by atoms with Gasteiger partial charge in [-0.2, -0.15) is 5.26 Å². The van der Waals surface area contributed by atoms with Crippen molar-refractivity contribution in [3.63, 3.8) is 0 Å². The van der Waals surface area contributed by atoms with E-state index in [0.717, 1.165) is 5.82 Å². The monoisotopic (exact) mass is 352 g/mol. The summed E-state index contributed by atoms with van der Waals surface area (Å²) < 4.78 is 1.69. The topological polar surface area (TPSA) is 103 Å². The Kier molecular flexibility index (Phi) is 5.17. The summed E-state index contributed by atoms with van der Waals surface area (Å²) in [5, 5.41) is 8.82. The third-order valence-corrected chi connectivity index (χ3v) is 4.54. The van der Waals surface area contributed by atoms with Crippen LogP contribution in [0.4, 0.5) is 5.82 Å². The van der Waals surface area contributed by atoms with Gasteiger partial charge in [-0.3, -0.25) is 20.4 Å². The molecule has 2 aromatic rings. The van der Waals surface area contributed by atoms with Gasteiger partial charge in [0.05, 0.1) is 5.56 Å². The number of carbonyl (C=O) groups excluding carboxylic acids is 2. The Morgan fingerprint density at radius 2 is 2.00 bits per heavy atom. The van der Waals surface area contributed by atoms with E-state index < -0.39 is 0 Å². The van der Waals surface area contributed by atoms with Gasteiger partial charge in [0.2, 0.25) is 5.91 Å². The van der Waals surface area contributed by atoms with Gasteiger partial charge in [-0.15, -0.1) is 0 Å². The van der Waals surface area contributed by atoms with Gasteiger partial charge in [0.15, 0.2) is 0 Å². The highest BCUT2D eigenvalue weighted by atomic mass is 16.2. The maximum Gasteiger partial charge on any atom is 0.286 e. The molecule has 8 nitrogen and oxygen atoms in total. The molecule has 0 unspecified atom stereocenters. The Balaban J connectivity index is 1.48. The molecule has 0 aliphatic carbocycles. The molecular weight excluding hydrogens is 332 g/mol. The van der Waals surface area contributed by atoms with E-state index in [0.29, 0.717) is 37.2 Å². The van der Waals surface area contributed by atoms with E-state index >= 15 is 0 Å². The molecule has 2 N–H and O–H groups in total. The van der Waals surface area contributed by atoms with Crippen LogP contribution in [0, 0.1) is 17.2 Å². The van der Waals surface area contributed by atoms with Gasteiger partial charge in [0, 0.05) is 38.4 Å². The minimum Gasteiger partial charge on any atom is -0.357 e. The van der Waals surface area contributed by atoms with E-state index in [-0.39, 0.29) is 17.7 Å². The van der Waals surface area contributed by atoms with Gasteiger partial charge in [-0.25, -0.2) is 4.98 Å². The first-order valence-electron chi connectivity index (χ1n) is 8.41. The Morgan fingerprint density at radius 3 is 2.58 bits per heavy atom. The fourth-order valence-corrected chi connectivity index (χ4v) is 2.99. The number of hydrogen-bond acceptors (Lipinski definition) is 5. The summed E-state index contributed by atoms with van der Waals surface area (Å²) in [4.78, 5) is 30.7. The quantitative estimate of drug-likeness (QED) is 0.801. The molecule has 1 aliphatic rings. The molecule has 3 rings (SSSR count). The zero-order valence-electron chi connectivity index (χ0n) is 14.5. The van der Waals surface area contributed by atoms with Crippen LogP contribution in [0.2, 0.25) is 0 Å². The summed E-state index contributed by atoms with van der Waals surface area (Å²) in [6.07, 6.45) is 4.66. The lowest BCUT2D eigenvalue weighted by Gasteiger charge is -2.32. The van der Waals surface area contributed by atoms with Crippen LogP contribution in [0.1, 0.15) is 28.9 Å². The number of pyridine rings is 1. The van der Waals surface area contributed by atoms with Crippen molar-refractivity contribution >= 4 is 17.6 Å². The van der Waals surface area contributed by atoms with Crippen molar-refractivity contribution in [2.75, 3.05) is 18.0 Å². The molecule has 2 aromatic heterocycles. The maximum atomic E-state index is 12.3. The van der Waals surface area contributed by atoms with Crippen LogP contribution in [0.3, 0.4) is 0 Å². The zero-order chi connectivity index (χ0) is 18.5. The molecule has 0 saturated carbocycles. The highest BCUT2D eigenvalue weighted by molar-refractivity contribution is 5.94. The number of rotatable bonds is 3. The Hall–Kier alpha value is -3.34. The van der Waals surface area contributed by atoms with Crippen molar-refractivity contribution in [1.29, 1.82) is 5.26 Å². The zero-order valence-corrected chi connectivity index (χ0v) is 14.5. The molecule has 8 heteroatoms. The average Bonchev–Trinajstić information content (AvgIpc) is 3.12. The predicted octanol–water partition coefficient (Wildman–Crippen LogP) is 0.969. The standard InChI is InChI=1S/C18H20N6O2/c1-23-8-2-3-15(23)18(26)22-21-17(25)14-6-9-24(10-7-14)16-5-4-13(11-19)12-20-16/h2-5,8,12,14H,6-7,9-10H2,1H3,(H,21,25)(H,22,26). The van der Waals surface area contributed by atoms with Gasteiger partial charge >= 0.3 is 0 Å². The molecule has 26 heavy (non-hydrogen) atoms. The first-order chi connectivity index (χ1) is 12.6. The molecule has 2 amide bonds. The van der Waals surface area contributed by atoms with Gasteiger partial charge in [0.1, 0.15) is 17.6 Å². The largest absolute Gasteiger partial charge is 0.357 e. The molecule has 0 radical (unpaired) electrons. The number of carbonyl (C=O) groups is 2. The lowest BCUT2D eigenvalue weighted by molar-refractivity contribution is -0.126. The number of amides is 2. The van der Waals surface area contributed by atoms with E-state index in [9.17, 15) is 9.59 Å². The Labute approximate surface area is 151 Å². The molecule has 0 spiro atoms. The molecule has 1 aliphatic heterocycles. The Morgan fingerprint density at radius 1 is 1.23 bits per heavy atom. The maximum absolute atomic E-state index is 12.3. The molecular formula is C18H20N6O2. The number of nitrogens with one attached hydrogen (secondary N) is 2. The molecule has 1 fully saturated rings. The molecule has 0 bridgehead atoms. The number of anilines is 1. The molecule has 0 aromatic carbocycles. The second-order valence-electron chi connectivity index (χ2n) is 6.23. The molecule has 3 heterocycles. The minimum atomic E-state index is -0.343. The normalized spacial score (nSPS) is 14.5. The summed E-state index contributed by atoms with van der Waals surface area (Å²) in [5.74, 6) is 0.128. The van der Waals surface area contributed by atoms with Crippen LogP contribution in [0.15, 0.2) is 36.7 Å². The van der Waals surface area contributed by atoms with Crippen LogP contribution < -0.4 is 15.8 Å². The third-order valence-electron chi connectivity index (χ3n) is 4.54. The molecule has 0 atom stereocenters. The van der Waals surface area contributed by atoms with E-state index in [2.05, 4.69) is 20.7 Å². The number of hydrogen-bond donors (Lipinski definition) is 2. The van der Waals surface area contributed by atoms with Crippen LogP contribution >= 0.6 is 0 Å². The predicted molar refractivity (Wildman–Crippen MR) is 94.9 cm³/mol. The number of nitrogens with zero attached hydrogens (tertiary/aromatic N) is 4. The number of piperidine rings is 1. The average molecular weight is 352 g/mol. The van der Waals surface area contributed by atoms with Crippen LogP contribution in [0.25, 0.3) is 0 Å². The summed E-state index contributed by atoms with van der Waals surface area (Å²) in [6.45, 7) is 1.39. The summed E-state index contributed by atoms with van der Waals surface area (Å²) in [6, 6.07) is 9.05. The smallest absolute Gasteiger partial charge is 0.286 e. The van der Waals surface area contributed by atoms with Crippen molar-refractivity contribution in [2.45, 2.75) is 12.8 Å². The van der Waals surface area contributed by atoms with E-state index in [1.54, 1.807) is 42.2 Å². The number of nitriles is 1. The highest BCUT2D eigenvalue weighted by Crippen LogP contribution is 2.21. The second-order valence-corrected chi connectivity index (χ2v) is 6.23. The fraction of sp³-hybridized carbons (Fsp3) is 0.333. The van der Waals surface area contributed by atoms with Crippen LogP contribution in [0.5, 0.6) is 0 Å². The van der Waals surface area contributed by atoms with E-state index in [4.69, 9.17) is 5.26 Å². The van der Waals surface area contributed by atoms with E-state index in [1.165, 1.54) is 0 Å². The number of aromatic nitrogens is 2. The van der Waals surface area contributed by atoms with Gasteiger partial charge in [-0.05, 0) is 37.1 Å². The first-order valence-corrected chi connectivity index (χ1v) is 8.41. The lowest BCUT2D eigenvalue weighted by atomic mass is 9.96. The number of aryl methyl sites for hydroxylation is 1.